The van der Waals surface area contributed by atoms with Crippen molar-refractivity contribution in [1.82, 2.24) is 15.1 Å². The maximum absolute atomic E-state index is 13.5. The number of benzene rings is 1. The van der Waals surface area contributed by atoms with Crippen LogP contribution in [0.4, 0.5) is 4.39 Å². The molecule has 0 saturated carbocycles. The number of aryl methyl sites for hydroxylation is 3. The molecule has 0 saturated heterocycles. The van der Waals surface area contributed by atoms with Crippen molar-refractivity contribution in [1.29, 1.82) is 0 Å². The van der Waals surface area contributed by atoms with Crippen LogP contribution in [0, 0.1) is 12.7 Å². The van der Waals surface area contributed by atoms with E-state index in [1.165, 1.54) is 5.56 Å². The molecule has 2 aromatic rings. The first-order valence-corrected chi connectivity index (χ1v) is 6.50. The van der Waals surface area contributed by atoms with E-state index < -0.39 is 0 Å². The van der Waals surface area contributed by atoms with Gasteiger partial charge in [0.1, 0.15) is 5.82 Å². The van der Waals surface area contributed by atoms with Gasteiger partial charge in [0.15, 0.2) is 0 Å². The fourth-order valence-electron chi connectivity index (χ4n) is 2.36. The van der Waals surface area contributed by atoms with Crippen LogP contribution in [0.3, 0.4) is 0 Å². The first-order valence-electron chi connectivity index (χ1n) is 6.50. The highest BCUT2D eigenvalue weighted by molar-refractivity contribution is 5.26. The summed E-state index contributed by atoms with van der Waals surface area (Å²) in [4.78, 5) is 0. The quantitative estimate of drug-likeness (QED) is 0.897. The molecule has 0 bridgehead atoms. The summed E-state index contributed by atoms with van der Waals surface area (Å²) in [6.07, 6.45) is 5.74. The second-order valence-corrected chi connectivity index (χ2v) is 4.96. The standard InChI is InChI=1S/C15H20FN3/c1-11-6-13(8-14(16)7-11)15(17-2)5-4-12-9-18-19(3)10-12/h6-10,15,17H,4-5H2,1-3H3. The van der Waals surface area contributed by atoms with Gasteiger partial charge in [0.05, 0.1) is 6.20 Å². The largest absolute Gasteiger partial charge is 0.313 e. The van der Waals surface area contributed by atoms with Crippen LogP contribution in [0.5, 0.6) is 0 Å². The van der Waals surface area contributed by atoms with Crippen LogP contribution < -0.4 is 5.32 Å². The van der Waals surface area contributed by atoms with Gasteiger partial charge >= 0.3 is 0 Å². The van der Waals surface area contributed by atoms with E-state index in [2.05, 4.69) is 10.4 Å². The van der Waals surface area contributed by atoms with Gasteiger partial charge in [0, 0.05) is 19.3 Å². The van der Waals surface area contributed by atoms with Crippen molar-refractivity contribution in [2.24, 2.45) is 7.05 Å². The molecule has 0 spiro atoms. The van der Waals surface area contributed by atoms with Gasteiger partial charge in [-0.05, 0) is 55.6 Å². The molecule has 102 valence electrons. The highest BCUT2D eigenvalue weighted by Crippen LogP contribution is 2.21. The van der Waals surface area contributed by atoms with Crippen molar-refractivity contribution in [3.8, 4) is 0 Å². The first kappa shape index (κ1) is 13.7. The Kier molecular flexibility index (Phi) is 4.32. The molecule has 0 aliphatic rings. The smallest absolute Gasteiger partial charge is 0.123 e. The first-order chi connectivity index (χ1) is 9.08. The molecule has 3 nitrogen and oxygen atoms in total. The average molecular weight is 261 g/mol. The summed E-state index contributed by atoms with van der Waals surface area (Å²) in [7, 11) is 3.82. The molecule has 1 N–H and O–H groups in total. The molecule has 0 aliphatic carbocycles. The molecular formula is C15H20FN3. The van der Waals surface area contributed by atoms with Gasteiger partial charge < -0.3 is 5.32 Å². The number of rotatable bonds is 5. The minimum Gasteiger partial charge on any atom is -0.313 e. The summed E-state index contributed by atoms with van der Waals surface area (Å²) < 4.78 is 15.3. The Balaban J connectivity index is 2.07. The van der Waals surface area contributed by atoms with Crippen molar-refractivity contribution in [3.63, 3.8) is 0 Å². The molecule has 1 atom stereocenters. The predicted molar refractivity (Wildman–Crippen MR) is 74.5 cm³/mol. The lowest BCUT2D eigenvalue weighted by Crippen LogP contribution is -2.17. The van der Waals surface area contributed by atoms with Gasteiger partial charge in [-0.1, -0.05) is 6.07 Å². The summed E-state index contributed by atoms with van der Waals surface area (Å²) in [5.74, 6) is -0.170. The van der Waals surface area contributed by atoms with E-state index in [0.29, 0.717) is 0 Å². The molecule has 4 heteroatoms. The fraction of sp³-hybridized carbons (Fsp3) is 0.400. The fourth-order valence-corrected chi connectivity index (χ4v) is 2.36. The molecule has 1 aromatic heterocycles. The third-order valence-electron chi connectivity index (χ3n) is 3.30. The zero-order valence-electron chi connectivity index (χ0n) is 11.7. The number of hydrogen-bond acceptors (Lipinski definition) is 2. The summed E-state index contributed by atoms with van der Waals surface area (Å²) in [5.41, 5.74) is 3.16. The lowest BCUT2D eigenvalue weighted by Gasteiger charge is -2.17. The number of halogens is 1. The molecule has 0 amide bonds. The molecule has 0 fully saturated rings. The minimum absolute atomic E-state index is 0.162. The number of aromatic nitrogens is 2. The molecule has 0 aliphatic heterocycles. The molecule has 2 rings (SSSR count). The molecule has 1 unspecified atom stereocenters. The highest BCUT2D eigenvalue weighted by atomic mass is 19.1. The third-order valence-corrected chi connectivity index (χ3v) is 3.30. The topological polar surface area (TPSA) is 29.9 Å². The van der Waals surface area contributed by atoms with E-state index in [9.17, 15) is 4.39 Å². The van der Waals surface area contributed by atoms with Gasteiger partial charge in [-0.2, -0.15) is 5.10 Å². The maximum atomic E-state index is 13.5. The number of nitrogens with zero attached hydrogens (tertiary/aromatic N) is 2. The Morgan fingerprint density at radius 1 is 1.37 bits per heavy atom. The van der Waals surface area contributed by atoms with Crippen molar-refractivity contribution < 1.29 is 4.39 Å². The number of nitrogens with one attached hydrogen (secondary N) is 1. The average Bonchev–Trinajstić information content (AvgIpc) is 2.75. The minimum atomic E-state index is -0.170. The zero-order chi connectivity index (χ0) is 13.8. The molecule has 1 aromatic carbocycles. The Morgan fingerprint density at radius 2 is 2.16 bits per heavy atom. The van der Waals surface area contributed by atoms with E-state index >= 15 is 0 Å². The Morgan fingerprint density at radius 3 is 2.74 bits per heavy atom. The van der Waals surface area contributed by atoms with Gasteiger partial charge in [-0.15, -0.1) is 0 Å². The second kappa shape index (κ2) is 5.97. The molecule has 0 radical (unpaired) electrons. The van der Waals surface area contributed by atoms with Crippen molar-refractivity contribution in [2.75, 3.05) is 7.05 Å². The van der Waals surface area contributed by atoms with Crippen LogP contribution in [0.15, 0.2) is 30.6 Å². The van der Waals surface area contributed by atoms with E-state index in [1.54, 1.807) is 16.8 Å². The predicted octanol–water partition coefficient (Wildman–Crippen LogP) is 2.76. The van der Waals surface area contributed by atoms with Gasteiger partial charge in [-0.25, -0.2) is 4.39 Å². The summed E-state index contributed by atoms with van der Waals surface area (Å²) >= 11 is 0. The summed E-state index contributed by atoms with van der Waals surface area (Å²) in [6.45, 7) is 1.92. The SMILES string of the molecule is CNC(CCc1cnn(C)c1)c1cc(C)cc(F)c1. The Labute approximate surface area is 113 Å². The van der Waals surface area contributed by atoms with E-state index in [4.69, 9.17) is 0 Å². The van der Waals surface area contributed by atoms with Crippen LogP contribution >= 0.6 is 0 Å². The van der Waals surface area contributed by atoms with Crippen molar-refractivity contribution in [2.45, 2.75) is 25.8 Å². The Hall–Kier alpha value is -1.68. The second-order valence-electron chi connectivity index (χ2n) is 4.96. The van der Waals surface area contributed by atoms with Crippen molar-refractivity contribution >= 4 is 0 Å². The van der Waals surface area contributed by atoms with E-state index in [-0.39, 0.29) is 11.9 Å². The van der Waals surface area contributed by atoms with Crippen LogP contribution in [-0.4, -0.2) is 16.8 Å². The number of hydrogen-bond donors (Lipinski definition) is 1. The van der Waals surface area contributed by atoms with E-state index in [0.717, 1.165) is 24.0 Å². The summed E-state index contributed by atoms with van der Waals surface area (Å²) in [6, 6.07) is 5.36. The van der Waals surface area contributed by atoms with Crippen LogP contribution in [-0.2, 0) is 13.5 Å². The lowest BCUT2D eigenvalue weighted by atomic mass is 9.98. The molecule has 1 heterocycles. The third kappa shape index (κ3) is 3.64. The van der Waals surface area contributed by atoms with Crippen LogP contribution in [0.1, 0.15) is 29.2 Å². The Bertz CT molecular complexity index is 528. The van der Waals surface area contributed by atoms with Gasteiger partial charge in [0.2, 0.25) is 0 Å². The van der Waals surface area contributed by atoms with Gasteiger partial charge in [-0.3, -0.25) is 4.68 Å². The monoisotopic (exact) mass is 261 g/mol. The zero-order valence-corrected chi connectivity index (χ0v) is 11.7. The van der Waals surface area contributed by atoms with Crippen molar-refractivity contribution in [3.05, 3.63) is 53.1 Å². The van der Waals surface area contributed by atoms with E-state index in [1.807, 2.05) is 39.5 Å². The molecular weight excluding hydrogens is 241 g/mol. The highest BCUT2D eigenvalue weighted by Gasteiger charge is 2.11. The van der Waals surface area contributed by atoms with Gasteiger partial charge in [0.25, 0.3) is 0 Å². The summed E-state index contributed by atoms with van der Waals surface area (Å²) in [5, 5.41) is 7.41. The molecule has 19 heavy (non-hydrogen) atoms. The van der Waals surface area contributed by atoms with Crippen LogP contribution in [0.25, 0.3) is 0 Å². The normalized spacial score (nSPS) is 12.6. The lowest BCUT2D eigenvalue weighted by molar-refractivity contribution is 0.541. The maximum Gasteiger partial charge on any atom is 0.123 e. The van der Waals surface area contributed by atoms with Crippen LogP contribution in [0.2, 0.25) is 0 Å².